The quantitative estimate of drug-likeness (QED) is 0.0423. The van der Waals surface area contributed by atoms with Gasteiger partial charge in [0.15, 0.2) is 9.84 Å². The number of carbonyl (C=O) groups is 1. The molecule has 0 fully saturated rings. The van der Waals surface area contributed by atoms with Gasteiger partial charge < -0.3 is 31.1 Å². The van der Waals surface area contributed by atoms with Crippen molar-refractivity contribution in [2.45, 2.75) is 48.9 Å². The third-order valence-electron chi connectivity index (χ3n) is 10.9. The number of carbonyl (C=O) groups excluding carboxylic acids is 1. The van der Waals surface area contributed by atoms with Crippen molar-refractivity contribution in [3.05, 3.63) is 130 Å². The van der Waals surface area contributed by atoms with Gasteiger partial charge in [-0.25, -0.2) is 22.9 Å². The van der Waals surface area contributed by atoms with E-state index >= 15 is 0 Å². The average molecular weight is 917 g/mol. The number of rotatable bonds is 18. The van der Waals surface area contributed by atoms with E-state index < -0.39 is 74.2 Å². The second-order valence-electron chi connectivity index (χ2n) is 15.5. The fraction of sp³-hybridized carbons (Fsp3) is 0.318. The van der Waals surface area contributed by atoms with E-state index in [9.17, 15) is 40.7 Å². The first-order valence-electron chi connectivity index (χ1n) is 20.4. The van der Waals surface area contributed by atoms with Gasteiger partial charge in [0, 0.05) is 61.5 Å². The van der Waals surface area contributed by atoms with E-state index in [4.69, 9.17) is 10.00 Å². The summed E-state index contributed by atoms with van der Waals surface area (Å²) < 4.78 is 88.7. The molecular formula is C44H44F4N10O6S. The summed E-state index contributed by atoms with van der Waals surface area (Å²) in [5, 5.41) is 43.4. The molecule has 16 nitrogen and oxygen atoms in total. The van der Waals surface area contributed by atoms with Gasteiger partial charge >= 0.3 is 6.18 Å². The number of nitriles is 1. The molecule has 0 spiro atoms. The third kappa shape index (κ3) is 10.6. The van der Waals surface area contributed by atoms with Crippen LogP contribution < -0.4 is 26.8 Å². The van der Waals surface area contributed by atoms with Crippen molar-refractivity contribution >= 4 is 49.3 Å². The largest absolute Gasteiger partial charge is 0.417 e. The fourth-order valence-electron chi connectivity index (χ4n) is 7.63. The lowest BCUT2D eigenvalue weighted by Crippen LogP contribution is -2.36. The number of aromatic amines is 1. The van der Waals surface area contributed by atoms with E-state index in [1.54, 1.807) is 23.9 Å². The SMILES string of the molecule is C[C@@H](O)C(CS(=O)(=O)c1ccc(NCCCOCCCNc2ccc([C@H]3Nc4cc(F)cc5c(=O)[nH]nc(c45)[C@@H]3c3ncnn3C)cc2)cc1)C(=O)Nc1ccc(C#N)c(C(F)(F)F)c1. The first-order chi connectivity index (χ1) is 31.0. The molecule has 0 saturated carbocycles. The van der Waals surface area contributed by atoms with E-state index in [0.29, 0.717) is 67.1 Å². The number of nitrogens with one attached hydrogen (secondary N) is 5. The first-order valence-corrected chi connectivity index (χ1v) is 22.1. The van der Waals surface area contributed by atoms with Gasteiger partial charge in [0.1, 0.15) is 18.0 Å². The minimum atomic E-state index is -4.87. The summed E-state index contributed by atoms with van der Waals surface area (Å²) in [6.45, 7) is 3.36. The van der Waals surface area contributed by atoms with Gasteiger partial charge in [-0.2, -0.15) is 28.6 Å². The molecular weight excluding hydrogens is 873 g/mol. The summed E-state index contributed by atoms with van der Waals surface area (Å²) in [6, 6.07) is 19.8. The molecule has 6 N–H and O–H groups in total. The zero-order valence-electron chi connectivity index (χ0n) is 35.0. The Morgan fingerprint density at radius 1 is 0.985 bits per heavy atom. The topological polar surface area (TPSA) is 229 Å². The van der Waals surface area contributed by atoms with Gasteiger partial charge in [-0.1, -0.05) is 12.1 Å². The van der Waals surface area contributed by atoms with Crippen LogP contribution in [0.1, 0.15) is 59.9 Å². The number of aliphatic hydroxyl groups is 1. The van der Waals surface area contributed by atoms with E-state index in [2.05, 4.69) is 41.5 Å². The summed E-state index contributed by atoms with van der Waals surface area (Å²) in [6.07, 6.45) is -3.49. The van der Waals surface area contributed by atoms with Crippen LogP contribution in [0.2, 0.25) is 0 Å². The lowest BCUT2D eigenvalue weighted by atomic mass is 9.83. The van der Waals surface area contributed by atoms with Crippen LogP contribution in [0.15, 0.2) is 94.9 Å². The van der Waals surface area contributed by atoms with Crippen LogP contribution >= 0.6 is 0 Å². The van der Waals surface area contributed by atoms with E-state index in [-0.39, 0.29) is 16.0 Å². The van der Waals surface area contributed by atoms with Crippen molar-refractivity contribution in [1.29, 1.82) is 5.26 Å². The Balaban J connectivity index is 0.838. The highest BCUT2D eigenvalue weighted by Gasteiger charge is 2.38. The Hall–Kier alpha value is -6.89. The molecule has 0 aliphatic carbocycles. The van der Waals surface area contributed by atoms with Crippen LogP contribution in [0.4, 0.5) is 40.3 Å². The van der Waals surface area contributed by atoms with Gasteiger partial charge in [-0.15, -0.1) is 0 Å². The molecule has 7 rings (SSSR count). The Bertz CT molecular complexity index is 2880. The average Bonchev–Trinajstić information content (AvgIpc) is 3.70. The molecule has 6 aromatic rings. The summed E-state index contributed by atoms with van der Waals surface area (Å²) in [4.78, 5) is 29.9. The van der Waals surface area contributed by atoms with Crippen molar-refractivity contribution in [3.63, 3.8) is 0 Å². The van der Waals surface area contributed by atoms with Gasteiger partial charge in [0.05, 0.1) is 62.9 Å². The van der Waals surface area contributed by atoms with Crippen LogP contribution in [0.3, 0.4) is 0 Å². The molecule has 4 aromatic carbocycles. The standard InChI is InChI=1S/C44H44F4N10O6S/c1-25(59)34(42(60)54-31-10-7-27(22-49)35(21-31)44(46,47)48)23-65(62,63)32-13-11-30(12-14-32)51-16-4-18-64-17-3-15-50-29-8-5-26(6-9-29)39-38(41-52-24-53-58(41)2)40-37-33(43(61)57-56-40)19-28(45)20-36(37)55-39/h5-14,19-21,24-25,34,38-39,50-51,55,59H,3-4,15-18,23H2,1-2H3,(H,54,60)(H,57,61)/t25-,34?,38-,39-/m1/s1. The summed E-state index contributed by atoms with van der Waals surface area (Å²) in [5.41, 5.74) is 0.736. The number of amides is 1. The van der Waals surface area contributed by atoms with E-state index in [1.165, 1.54) is 43.6 Å². The molecule has 0 radical (unpaired) electrons. The van der Waals surface area contributed by atoms with Crippen LogP contribution in [-0.2, 0) is 32.6 Å². The minimum absolute atomic E-state index is 0.112. The smallest absolute Gasteiger partial charge is 0.393 e. The second-order valence-corrected chi connectivity index (χ2v) is 17.5. The number of nitrogens with zero attached hydrogens (tertiary/aromatic N) is 5. The molecule has 0 bridgehead atoms. The maximum absolute atomic E-state index is 14.6. The lowest BCUT2D eigenvalue weighted by Gasteiger charge is -2.33. The lowest BCUT2D eigenvalue weighted by molar-refractivity contribution is -0.137. The molecule has 1 amide bonds. The highest BCUT2D eigenvalue weighted by Crippen LogP contribution is 2.46. The van der Waals surface area contributed by atoms with Crippen molar-refractivity contribution in [3.8, 4) is 6.07 Å². The van der Waals surface area contributed by atoms with Crippen LogP contribution in [0, 0.1) is 23.1 Å². The molecule has 0 saturated heterocycles. The highest BCUT2D eigenvalue weighted by molar-refractivity contribution is 7.91. The van der Waals surface area contributed by atoms with Gasteiger partial charge in [-0.05, 0) is 92.1 Å². The van der Waals surface area contributed by atoms with Crippen molar-refractivity contribution < 1.29 is 40.6 Å². The Morgan fingerprint density at radius 3 is 2.23 bits per heavy atom. The van der Waals surface area contributed by atoms with Crippen LogP contribution in [0.25, 0.3) is 10.8 Å². The predicted molar refractivity (Wildman–Crippen MR) is 233 cm³/mol. The number of hydrogen-bond donors (Lipinski definition) is 6. The number of alkyl halides is 3. The monoisotopic (exact) mass is 916 g/mol. The number of benzene rings is 4. The molecule has 3 heterocycles. The van der Waals surface area contributed by atoms with Crippen molar-refractivity contribution in [2.24, 2.45) is 13.0 Å². The zero-order valence-corrected chi connectivity index (χ0v) is 35.8. The molecule has 1 unspecified atom stereocenters. The molecule has 4 atom stereocenters. The summed E-state index contributed by atoms with van der Waals surface area (Å²) in [7, 11) is -2.34. The minimum Gasteiger partial charge on any atom is -0.393 e. The van der Waals surface area contributed by atoms with Crippen molar-refractivity contribution in [1.82, 2.24) is 25.0 Å². The van der Waals surface area contributed by atoms with Crippen LogP contribution in [0.5, 0.6) is 0 Å². The number of aryl methyl sites for hydroxylation is 1. The normalized spacial score (nSPS) is 15.7. The second kappa shape index (κ2) is 19.5. The number of sulfone groups is 1. The zero-order chi connectivity index (χ0) is 46.5. The third-order valence-corrected chi connectivity index (χ3v) is 12.7. The van der Waals surface area contributed by atoms with Gasteiger partial charge in [0.2, 0.25) is 5.91 Å². The number of ether oxygens (including phenoxy) is 1. The van der Waals surface area contributed by atoms with Gasteiger partial charge in [0.25, 0.3) is 5.56 Å². The Labute approximate surface area is 370 Å². The Kier molecular flexibility index (Phi) is 13.8. The van der Waals surface area contributed by atoms with Crippen LogP contribution in [-0.4, -0.2) is 82.6 Å². The number of halogens is 4. The number of anilines is 4. The van der Waals surface area contributed by atoms with E-state index in [0.717, 1.165) is 29.8 Å². The summed E-state index contributed by atoms with van der Waals surface area (Å²) >= 11 is 0. The molecule has 21 heteroatoms. The molecule has 1 aliphatic heterocycles. The number of H-pyrrole nitrogens is 1. The first kappa shape index (κ1) is 46.1. The number of hydrogen-bond acceptors (Lipinski definition) is 13. The molecule has 1 aliphatic rings. The highest BCUT2D eigenvalue weighted by atomic mass is 32.2. The molecule has 2 aromatic heterocycles. The molecule has 65 heavy (non-hydrogen) atoms. The Morgan fingerprint density at radius 2 is 1.63 bits per heavy atom. The maximum atomic E-state index is 14.6. The van der Waals surface area contributed by atoms with Crippen molar-refractivity contribution in [2.75, 3.05) is 53.3 Å². The van der Waals surface area contributed by atoms with Gasteiger partial charge in [-0.3, -0.25) is 14.3 Å². The number of aliphatic hydroxyl groups excluding tert-OH is 1. The maximum Gasteiger partial charge on any atom is 0.417 e. The fourth-order valence-corrected chi connectivity index (χ4v) is 9.28. The molecule has 340 valence electrons. The van der Waals surface area contributed by atoms with E-state index in [1.807, 2.05) is 24.3 Å². The summed E-state index contributed by atoms with van der Waals surface area (Å²) in [5.74, 6) is -3.70. The predicted octanol–water partition coefficient (Wildman–Crippen LogP) is 6.11. The number of aromatic nitrogens is 5.